The van der Waals surface area contributed by atoms with E-state index in [-0.39, 0.29) is 11.5 Å². The highest BCUT2D eigenvalue weighted by molar-refractivity contribution is 6.30. The summed E-state index contributed by atoms with van der Waals surface area (Å²) in [4.78, 5) is 19.3. The quantitative estimate of drug-likeness (QED) is 0.363. The van der Waals surface area contributed by atoms with Gasteiger partial charge >= 0.3 is 0 Å². The van der Waals surface area contributed by atoms with Crippen LogP contribution >= 0.6 is 11.6 Å². The fourth-order valence-electron chi connectivity index (χ4n) is 4.07. The van der Waals surface area contributed by atoms with Crippen molar-refractivity contribution in [1.82, 2.24) is 15.2 Å². The third-order valence-electron chi connectivity index (χ3n) is 5.95. The van der Waals surface area contributed by atoms with Crippen molar-refractivity contribution in [3.8, 4) is 17.0 Å². The Hall–Kier alpha value is -3.27. The van der Waals surface area contributed by atoms with E-state index in [9.17, 15) is 9.18 Å². The number of morpholine rings is 1. The van der Waals surface area contributed by atoms with Gasteiger partial charge in [-0.2, -0.15) is 0 Å². The van der Waals surface area contributed by atoms with Crippen LogP contribution in [-0.2, 0) is 9.53 Å². The fourth-order valence-corrected chi connectivity index (χ4v) is 4.25. The third kappa shape index (κ3) is 6.29. The molecule has 8 nitrogen and oxygen atoms in total. The lowest BCUT2D eigenvalue weighted by Crippen LogP contribution is -2.38. The summed E-state index contributed by atoms with van der Waals surface area (Å²) in [5.41, 5.74) is 2.33. The van der Waals surface area contributed by atoms with Gasteiger partial charge in [0.15, 0.2) is 11.6 Å². The fraction of sp³-hybridized carbons (Fsp3) is 0.346. The minimum atomic E-state index is -0.445. The Bertz CT molecular complexity index is 1190. The van der Waals surface area contributed by atoms with Gasteiger partial charge < -0.3 is 25.5 Å². The van der Waals surface area contributed by atoms with Gasteiger partial charge in [0.2, 0.25) is 5.91 Å². The predicted molar refractivity (Wildman–Crippen MR) is 139 cm³/mol. The number of hydrogen-bond donors (Lipinski definition) is 3. The van der Waals surface area contributed by atoms with Crippen molar-refractivity contribution >= 4 is 35.1 Å². The SMILES string of the molecule is C/C=C(\C=C(/C=N)NC(=O)CCN1CCOCC1)c1cc(-c2cc(Cl)ccc2F)nc2c1OCCN2. The van der Waals surface area contributed by atoms with Crippen LogP contribution in [0.1, 0.15) is 18.9 Å². The van der Waals surface area contributed by atoms with Gasteiger partial charge in [-0.3, -0.25) is 9.69 Å². The minimum Gasteiger partial charge on any atom is -0.487 e. The van der Waals surface area contributed by atoms with Crippen molar-refractivity contribution in [1.29, 1.82) is 5.41 Å². The van der Waals surface area contributed by atoms with Crippen molar-refractivity contribution in [2.45, 2.75) is 13.3 Å². The molecule has 1 amide bonds. The molecule has 0 bridgehead atoms. The maximum absolute atomic E-state index is 14.7. The molecule has 10 heteroatoms. The molecular weight excluding hydrogens is 485 g/mol. The molecule has 0 atom stereocenters. The van der Waals surface area contributed by atoms with Gasteiger partial charge in [0.05, 0.1) is 31.1 Å². The Kier molecular flexibility index (Phi) is 8.69. The first-order valence-electron chi connectivity index (χ1n) is 11.8. The Balaban J connectivity index is 1.61. The number of ether oxygens (including phenoxy) is 2. The van der Waals surface area contributed by atoms with Crippen LogP contribution in [0.15, 0.2) is 42.1 Å². The predicted octanol–water partition coefficient (Wildman–Crippen LogP) is 4.12. The second-order valence-electron chi connectivity index (χ2n) is 8.37. The van der Waals surface area contributed by atoms with Gasteiger partial charge in [-0.15, -0.1) is 0 Å². The molecule has 2 aliphatic heterocycles. The van der Waals surface area contributed by atoms with E-state index in [0.717, 1.165) is 19.3 Å². The number of aromatic nitrogens is 1. The smallest absolute Gasteiger partial charge is 0.225 e. The molecular formula is C26H29ClFN5O3. The molecule has 1 aromatic heterocycles. The van der Waals surface area contributed by atoms with Gasteiger partial charge in [-0.1, -0.05) is 17.7 Å². The summed E-state index contributed by atoms with van der Waals surface area (Å²) in [5.74, 6) is 0.398. The number of pyridine rings is 1. The maximum Gasteiger partial charge on any atom is 0.225 e. The number of allylic oxidation sites excluding steroid dienone is 4. The first kappa shape index (κ1) is 25.8. The molecule has 3 N–H and O–H groups in total. The molecule has 36 heavy (non-hydrogen) atoms. The Labute approximate surface area is 214 Å². The van der Waals surface area contributed by atoms with E-state index in [0.29, 0.717) is 78.4 Å². The number of hydrogen-bond acceptors (Lipinski definition) is 7. The molecule has 190 valence electrons. The Morgan fingerprint density at radius 1 is 1.31 bits per heavy atom. The Morgan fingerprint density at radius 2 is 2.11 bits per heavy atom. The van der Waals surface area contributed by atoms with Crippen LogP contribution in [0.2, 0.25) is 5.02 Å². The summed E-state index contributed by atoms with van der Waals surface area (Å²) < 4.78 is 25.9. The van der Waals surface area contributed by atoms with Gasteiger partial charge in [-0.25, -0.2) is 9.37 Å². The van der Waals surface area contributed by atoms with Gasteiger partial charge in [0.25, 0.3) is 0 Å². The standard InChI is InChI=1S/C26H29ClFN5O3/c1-2-17(13-19(16-29)31-24(34)5-7-33-8-11-35-12-9-33)20-15-23(21-14-18(27)3-4-22(21)28)32-26-25(20)36-10-6-30-26/h2-4,13-16,29H,5-12H2,1H3,(H,30,32)(H,31,34)/b17-2+,19-13+,29-16?. The summed E-state index contributed by atoms with van der Waals surface area (Å²) in [6.07, 6.45) is 4.95. The molecule has 2 aliphatic rings. The molecule has 0 spiro atoms. The van der Waals surface area contributed by atoms with E-state index in [1.54, 1.807) is 12.1 Å². The van der Waals surface area contributed by atoms with Crippen LogP contribution in [0, 0.1) is 11.2 Å². The average Bonchev–Trinajstić information content (AvgIpc) is 2.91. The van der Waals surface area contributed by atoms with E-state index < -0.39 is 5.82 Å². The van der Waals surface area contributed by atoms with Gasteiger partial charge in [0, 0.05) is 48.4 Å². The number of anilines is 1. The van der Waals surface area contributed by atoms with E-state index in [1.165, 1.54) is 18.2 Å². The maximum atomic E-state index is 14.7. The van der Waals surface area contributed by atoms with Crippen LogP contribution in [-0.4, -0.2) is 68.0 Å². The topological polar surface area (TPSA) is 99.6 Å². The number of amides is 1. The molecule has 4 rings (SSSR count). The number of halogens is 2. The van der Waals surface area contributed by atoms with E-state index in [2.05, 4.69) is 20.5 Å². The lowest BCUT2D eigenvalue weighted by atomic mass is 10.00. The monoisotopic (exact) mass is 513 g/mol. The summed E-state index contributed by atoms with van der Waals surface area (Å²) in [7, 11) is 0. The zero-order valence-electron chi connectivity index (χ0n) is 20.1. The largest absolute Gasteiger partial charge is 0.487 e. The molecule has 1 fully saturated rings. The molecule has 3 heterocycles. The van der Waals surface area contributed by atoms with Crippen molar-refractivity contribution in [2.24, 2.45) is 0 Å². The second kappa shape index (κ2) is 12.1. The molecule has 0 unspecified atom stereocenters. The zero-order valence-corrected chi connectivity index (χ0v) is 20.8. The second-order valence-corrected chi connectivity index (χ2v) is 8.81. The molecule has 0 saturated carbocycles. The summed E-state index contributed by atoms with van der Waals surface area (Å²) in [6.45, 7) is 6.44. The number of nitrogens with zero attached hydrogens (tertiary/aromatic N) is 2. The number of fused-ring (bicyclic) bond motifs is 1. The highest BCUT2D eigenvalue weighted by Gasteiger charge is 2.22. The van der Waals surface area contributed by atoms with Crippen molar-refractivity contribution in [3.63, 3.8) is 0 Å². The van der Waals surface area contributed by atoms with E-state index >= 15 is 0 Å². The van der Waals surface area contributed by atoms with Crippen LogP contribution in [0.4, 0.5) is 10.2 Å². The van der Waals surface area contributed by atoms with Gasteiger partial charge in [0.1, 0.15) is 12.4 Å². The first-order chi connectivity index (χ1) is 17.5. The van der Waals surface area contributed by atoms with Gasteiger partial charge in [-0.05, 0) is 42.8 Å². The minimum absolute atomic E-state index is 0.178. The number of rotatable bonds is 8. The molecule has 1 saturated heterocycles. The normalized spacial score (nSPS) is 16.5. The third-order valence-corrected chi connectivity index (χ3v) is 6.18. The Morgan fingerprint density at radius 3 is 2.86 bits per heavy atom. The summed E-state index contributed by atoms with van der Waals surface area (Å²) >= 11 is 6.12. The highest BCUT2D eigenvalue weighted by Crippen LogP contribution is 2.39. The highest BCUT2D eigenvalue weighted by atomic mass is 35.5. The number of carbonyl (C=O) groups excluding carboxylic acids is 1. The summed E-state index contributed by atoms with van der Waals surface area (Å²) in [6, 6.07) is 6.05. The van der Waals surface area contributed by atoms with Crippen LogP contribution in [0.25, 0.3) is 16.8 Å². The number of benzene rings is 1. The summed E-state index contributed by atoms with van der Waals surface area (Å²) in [5, 5.41) is 14.3. The van der Waals surface area contributed by atoms with E-state index in [1.807, 2.05) is 13.0 Å². The van der Waals surface area contributed by atoms with Crippen molar-refractivity contribution in [2.75, 3.05) is 51.3 Å². The number of nitrogens with one attached hydrogen (secondary N) is 3. The van der Waals surface area contributed by atoms with Crippen molar-refractivity contribution in [3.05, 3.63) is 58.5 Å². The van der Waals surface area contributed by atoms with Crippen LogP contribution < -0.4 is 15.4 Å². The lowest BCUT2D eigenvalue weighted by Gasteiger charge is -2.26. The molecule has 2 aromatic rings. The molecule has 1 aromatic carbocycles. The lowest BCUT2D eigenvalue weighted by molar-refractivity contribution is -0.120. The zero-order chi connectivity index (χ0) is 25.5. The molecule has 0 aliphatic carbocycles. The van der Waals surface area contributed by atoms with E-state index in [4.69, 9.17) is 26.5 Å². The van der Waals surface area contributed by atoms with Crippen molar-refractivity contribution < 1.29 is 18.7 Å². The number of carbonyl (C=O) groups is 1. The molecule has 0 radical (unpaired) electrons. The first-order valence-corrected chi connectivity index (χ1v) is 12.2. The average molecular weight is 514 g/mol. The van der Waals surface area contributed by atoms with Crippen LogP contribution in [0.3, 0.4) is 0 Å². The van der Waals surface area contributed by atoms with Crippen LogP contribution in [0.5, 0.6) is 5.75 Å².